The Bertz CT molecular complexity index is 975. The van der Waals surface area contributed by atoms with Gasteiger partial charge in [-0.05, 0) is 35.9 Å². The zero-order valence-corrected chi connectivity index (χ0v) is 16.4. The van der Waals surface area contributed by atoms with Gasteiger partial charge in [-0.3, -0.25) is 19.8 Å². The predicted molar refractivity (Wildman–Crippen MR) is 105 cm³/mol. The first-order chi connectivity index (χ1) is 13.4. The van der Waals surface area contributed by atoms with Crippen LogP contribution >= 0.6 is 15.9 Å². The van der Waals surface area contributed by atoms with Crippen molar-refractivity contribution in [3.8, 4) is 11.5 Å². The molecule has 3 amide bonds. The molecule has 1 heterocycles. The van der Waals surface area contributed by atoms with Crippen LogP contribution in [0.1, 0.15) is 5.56 Å². The second-order valence-corrected chi connectivity index (χ2v) is 6.61. The van der Waals surface area contributed by atoms with Gasteiger partial charge in [0.05, 0.1) is 12.8 Å². The zero-order valence-electron chi connectivity index (χ0n) is 14.8. The molecule has 0 saturated carbocycles. The summed E-state index contributed by atoms with van der Waals surface area (Å²) in [5, 5.41) is 1.18. The number of hydrogen-bond donors (Lipinski definition) is 2. The Kier molecular flexibility index (Phi) is 5.65. The Morgan fingerprint density at radius 2 is 1.93 bits per heavy atom. The van der Waals surface area contributed by atoms with E-state index in [1.165, 1.54) is 18.2 Å². The summed E-state index contributed by atoms with van der Waals surface area (Å²) in [6.07, 6.45) is 1.45. The van der Waals surface area contributed by atoms with Crippen LogP contribution in [0.2, 0.25) is 0 Å². The number of nitrogens with zero attached hydrogens (tertiary/aromatic N) is 1. The molecule has 28 heavy (non-hydrogen) atoms. The largest absolute Gasteiger partial charge is 0.493 e. The van der Waals surface area contributed by atoms with Gasteiger partial charge in [-0.25, -0.2) is 5.01 Å². The molecule has 0 bridgehead atoms. The molecule has 0 aliphatic carbocycles. The molecule has 0 unspecified atom stereocenters. The number of halogens is 1. The van der Waals surface area contributed by atoms with Gasteiger partial charge in [0.1, 0.15) is 5.57 Å². The van der Waals surface area contributed by atoms with Crippen molar-refractivity contribution < 1.29 is 23.9 Å². The van der Waals surface area contributed by atoms with Crippen LogP contribution in [0.3, 0.4) is 0 Å². The second kappa shape index (κ2) is 8.13. The standard InChI is InChI=1S/C19H16BrN3O5/c1-27-15-8-11(14(20)9-16(15)28-10-17(21)24)7-13-18(25)22-23(19(13)26)12-5-3-2-4-6-12/h2-9H,10H2,1H3,(H2,21,24)(H,22,25). The summed E-state index contributed by atoms with van der Waals surface area (Å²) in [5.41, 5.74) is 8.67. The minimum Gasteiger partial charge on any atom is -0.493 e. The van der Waals surface area contributed by atoms with E-state index < -0.39 is 17.7 Å². The van der Waals surface area contributed by atoms with Crippen molar-refractivity contribution >= 4 is 45.4 Å². The van der Waals surface area contributed by atoms with E-state index in [2.05, 4.69) is 21.4 Å². The van der Waals surface area contributed by atoms with Gasteiger partial charge in [0, 0.05) is 4.47 Å². The molecule has 2 aromatic carbocycles. The van der Waals surface area contributed by atoms with Crippen LogP contribution in [0, 0.1) is 0 Å². The van der Waals surface area contributed by atoms with Crippen molar-refractivity contribution in [3.63, 3.8) is 0 Å². The number of anilines is 1. The average Bonchev–Trinajstić information content (AvgIpc) is 2.96. The molecule has 3 rings (SSSR count). The first kappa shape index (κ1) is 19.4. The number of carbonyl (C=O) groups is 3. The van der Waals surface area contributed by atoms with E-state index in [9.17, 15) is 14.4 Å². The number of nitrogens with two attached hydrogens (primary N) is 1. The SMILES string of the molecule is COc1cc(C=C2C(=O)NN(c3ccccc3)C2=O)c(Br)cc1OCC(N)=O. The molecular formula is C19H16BrN3O5. The molecule has 1 saturated heterocycles. The molecule has 2 aromatic rings. The van der Waals surface area contributed by atoms with E-state index in [0.717, 1.165) is 0 Å². The fourth-order valence-corrected chi connectivity index (χ4v) is 2.99. The lowest BCUT2D eigenvalue weighted by Crippen LogP contribution is -2.35. The maximum atomic E-state index is 12.7. The minimum absolute atomic E-state index is 0.0302. The number of hydrazine groups is 1. The number of carbonyl (C=O) groups excluding carboxylic acids is 3. The second-order valence-electron chi connectivity index (χ2n) is 5.75. The molecule has 0 atom stereocenters. The van der Waals surface area contributed by atoms with Gasteiger partial charge in [-0.1, -0.05) is 34.1 Å². The van der Waals surface area contributed by atoms with Crippen molar-refractivity contribution in [2.75, 3.05) is 18.7 Å². The fraction of sp³-hybridized carbons (Fsp3) is 0.105. The topological polar surface area (TPSA) is 111 Å². The van der Waals surface area contributed by atoms with Crippen molar-refractivity contribution in [1.82, 2.24) is 5.43 Å². The average molecular weight is 446 g/mol. The number of benzene rings is 2. The summed E-state index contributed by atoms with van der Waals surface area (Å²) >= 11 is 3.37. The maximum Gasteiger partial charge on any atom is 0.282 e. The molecule has 8 nitrogen and oxygen atoms in total. The van der Waals surface area contributed by atoms with Crippen molar-refractivity contribution in [2.45, 2.75) is 0 Å². The van der Waals surface area contributed by atoms with Crippen LogP contribution in [-0.2, 0) is 14.4 Å². The molecule has 9 heteroatoms. The van der Waals surface area contributed by atoms with E-state index >= 15 is 0 Å². The number of ether oxygens (including phenoxy) is 2. The molecule has 1 aliphatic rings. The fourth-order valence-electron chi connectivity index (χ4n) is 2.55. The number of para-hydroxylation sites is 1. The Labute approximate surface area is 169 Å². The third kappa shape index (κ3) is 3.99. The lowest BCUT2D eigenvalue weighted by Gasteiger charge is -2.14. The number of primary amides is 1. The Morgan fingerprint density at radius 3 is 2.57 bits per heavy atom. The molecule has 1 fully saturated rings. The first-order valence-electron chi connectivity index (χ1n) is 8.11. The Balaban J connectivity index is 1.93. The van der Waals surface area contributed by atoms with Gasteiger partial charge < -0.3 is 15.2 Å². The van der Waals surface area contributed by atoms with E-state index in [4.69, 9.17) is 15.2 Å². The summed E-state index contributed by atoms with van der Waals surface area (Å²) < 4.78 is 11.1. The van der Waals surface area contributed by atoms with Crippen LogP contribution in [-0.4, -0.2) is 31.4 Å². The molecule has 144 valence electrons. The van der Waals surface area contributed by atoms with Gasteiger partial charge in [-0.15, -0.1) is 0 Å². The van der Waals surface area contributed by atoms with E-state index in [0.29, 0.717) is 27.2 Å². The van der Waals surface area contributed by atoms with Crippen molar-refractivity contribution in [2.24, 2.45) is 5.73 Å². The van der Waals surface area contributed by atoms with Gasteiger partial charge in [-0.2, -0.15) is 0 Å². The summed E-state index contributed by atoms with van der Waals surface area (Å²) in [4.78, 5) is 35.9. The highest BCUT2D eigenvalue weighted by Gasteiger charge is 2.34. The molecule has 3 N–H and O–H groups in total. The van der Waals surface area contributed by atoms with Gasteiger partial charge >= 0.3 is 0 Å². The molecular weight excluding hydrogens is 430 g/mol. The molecule has 0 spiro atoms. The van der Waals surface area contributed by atoms with Gasteiger partial charge in [0.25, 0.3) is 17.7 Å². The van der Waals surface area contributed by atoms with Crippen LogP contribution in [0.5, 0.6) is 11.5 Å². The monoisotopic (exact) mass is 445 g/mol. The maximum absolute atomic E-state index is 12.7. The lowest BCUT2D eigenvalue weighted by atomic mass is 10.1. The number of hydrogen-bond acceptors (Lipinski definition) is 5. The van der Waals surface area contributed by atoms with Crippen LogP contribution < -0.4 is 25.6 Å². The van der Waals surface area contributed by atoms with Crippen LogP contribution in [0.25, 0.3) is 6.08 Å². The summed E-state index contributed by atoms with van der Waals surface area (Å²) in [7, 11) is 1.43. The third-order valence-electron chi connectivity index (χ3n) is 3.86. The summed E-state index contributed by atoms with van der Waals surface area (Å²) in [6.45, 7) is -0.309. The first-order valence-corrected chi connectivity index (χ1v) is 8.91. The highest BCUT2D eigenvalue weighted by molar-refractivity contribution is 9.10. The summed E-state index contributed by atoms with van der Waals surface area (Å²) in [5.74, 6) is -1.01. The predicted octanol–water partition coefficient (Wildman–Crippen LogP) is 1.78. The van der Waals surface area contributed by atoms with Crippen molar-refractivity contribution in [3.05, 3.63) is 58.1 Å². The number of methoxy groups -OCH3 is 1. The van der Waals surface area contributed by atoms with E-state index in [1.54, 1.807) is 36.4 Å². The molecule has 0 radical (unpaired) electrons. The number of amides is 3. The van der Waals surface area contributed by atoms with Crippen molar-refractivity contribution in [1.29, 1.82) is 0 Å². The quantitative estimate of drug-likeness (QED) is 0.519. The zero-order chi connectivity index (χ0) is 20.3. The summed E-state index contributed by atoms with van der Waals surface area (Å²) in [6, 6.07) is 11.9. The van der Waals surface area contributed by atoms with Gasteiger partial charge in [0.15, 0.2) is 18.1 Å². The normalized spacial score (nSPS) is 14.9. The lowest BCUT2D eigenvalue weighted by molar-refractivity contribution is -0.120. The van der Waals surface area contributed by atoms with Crippen LogP contribution in [0.15, 0.2) is 52.5 Å². The third-order valence-corrected chi connectivity index (χ3v) is 4.55. The number of nitrogens with one attached hydrogen (secondary N) is 1. The van der Waals surface area contributed by atoms with E-state index in [1.807, 2.05) is 6.07 Å². The minimum atomic E-state index is -0.626. The van der Waals surface area contributed by atoms with Crippen LogP contribution in [0.4, 0.5) is 5.69 Å². The highest BCUT2D eigenvalue weighted by Crippen LogP contribution is 2.35. The van der Waals surface area contributed by atoms with E-state index in [-0.39, 0.29) is 12.2 Å². The smallest absolute Gasteiger partial charge is 0.282 e. The Morgan fingerprint density at radius 1 is 1.21 bits per heavy atom. The molecule has 1 aliphatic heterocycles. The highest BCUT2D eigenvalue weighted by atomic mass is 79.9. The molecule has 0 aromatic heterocycles. The van der Waals surface area contributed by atoms with Gasteiger partial charge in [0.2, 0.25) is 0 Å². The Hall–Kier alpha value is -3.33. The number of rotatable bonds is 6.